The smallest absolute Gasteiger partial charge is 0.331 e. The average molecular weight is 361 g/mol. The number of carbonyl (C=O) groups is 2. The van der Waals surface area contributed by atoms with Crippen LogP contribution >= 0.6 is 11.6 Å². The van der Waals surface area contributed by atoms with Gasteiger partial charge < -0.3 is 14.2 Å². The second-order valence-corrected chi connectivity index (χ2v) is 5.42. The van der Waals surface area contributed by atoms with Gasteiger partial charge in [0, 0.05) is 28.3 Å². The summed E-state index contributed by atoms with van der Waals surface area (Å²) in [5.74, 6) is 0.270. The molecule has 0 aromatic heterocycles. The third-order valence-electron chi connectivity index (χ3n) is 3.35. The molecule has 6 heteroatoms. The van der Waals surface area contributed by atoms with Gasteiger partial charge in [-0.3, -0.25) is 4.79 Å². The van der Waals surface area contributed by atoms with Gasteiger partial charge in [-0.15, -0.1) is 0 Å². The summed E-state index contributed by atoms with van der Waals surface area (Å²) in [4.78, 5) is 23.7. The average Bonchev–Trinajstić information content (AvgIpc) is 2.64. The molecule has 0 fully saturated rings. The zero-order valence-corrected chi connectivity index (χ0v) is 14.6. The number of ether oxygens (including phenoxy) is 3. The quantitative estimate of drug-likeness (QED) is 0.427. The molecule has 2 aromatic carbocycles. The zero-order valence-electron chi connectivity index (χ0n) is 13.8. The zero-order chi connectivity index (χ0) is 18.2. The van der Waals surface area contributed by atoms with E-state index >= 15 is 0 Å². The van der Waals surface area contributed by atoms with Gasteiger partial charge in [0.15, 0.2) is 12.4 Å². The van der Waals surface area contributed by atoms with Crippen molar-refractivity contribution in [3.63, 3.8) is 0 Å². The summed E-state index contributed by atoms with van der Waals surface area (Å²) in [6, 6.07) is 11.6. The predicted octanol–water partition coefficient (Wildman–Crippen LogP) is 3.80. The molecule has 25 heavy (non-hydrogen) atoms. The first kappa shape index (κ1) is 18.5. The molecule has 0 bridgehead atoms. The number of methoxy groups -OCH3 is 2. The minimum absolute atomic E-state index is 0.305. The van der Waals surface area contributed by atoms with E-state index in [9.17, 15) is 9.59 Å². The Kier molecular flexibility index (Phi) is 6.60. The normalized spacial score (nSPS) is 10.5. The molecule has 0 amide bonds. The molecule has 2 rings (SSSR count). The molecule has 0 atom stereocenters. The SMILES string of the molecule is COc1ccc(C=CC(=O)OCC(=O)c2ccc(Cl)cc2)c(OC)c1. The van der Waals surface area contributed by atoms with Crippen LogP contribution in [0.4, 0.5) is 0 Å². The summed E-state index contributed by atoms with van der Waals surface area (Å²) in [6.07, 6.45) is 2.78. The van der Waals surface area contributed by atoms with E-state index in [2.05, 4.69) is 0 Å². The number of rotatable bonds is 7. The van der Waals surface area contributed by atoms with Crippen molar-refractivity contribution < 1.29 is 23.8 Å². The molecule has 0 saturated heterocycles. The molecule has 5 nitrogen and oxygen atoms in total. The molecule has 2 aromatic rings. The Labute approximate surface area is 150 Å². The van der Waals surface area contributed by atoms with Crippen molar-refractivity contribution in [3.05, 3.63) is 64.7 Å². The van der Waals surface area contributed by atoms with Crippen LogP contribution in [-0.2, 0) is 9.53 Å². The summed E-state index contributed by atoms with van der Waals surface area (Å²) in [7, 11) is 3.08. The summed E-state index contributed by atoms with van der Waals surface area (Å²) >= 11 is 5.76. The number of benzene rings is 2. The van der Waals surface area contributed by atoms with E-state index in [0.717, 1.165) is 0 Å². The van der Waals surface area contributed by atoms with Crippen molar-refractivity contribution in [1.29, 1.82) is 0 Å². The molecule has 0 unspecified atom stereocenters. The van der Waals surface area contributed by atoms with Gasteiger partial charge in [0.25, 0.3) is 0 Å². The summed E-state index contributed by atoms with van der Waals surface area (Å²) in [6.45, 7) is -0.343. The molecule has 0 heterocycles. The number of hydrogen-bond acceptors (Lipinski definition) is 5. The van der Waals surface area contributed by atoms with Gasteiger partial charge in [0.05, 0.1) is 14.2 Å². The second-order valence-electron chi connectivity index (χ2n) is 4.98. The Morgan fingerprint density at radius 1 is 1.04 bits per heavy atom. The van der Waals surface area contributed by atoms with Gasteiger partial charge in [0.2, 0.25) is 0 Å². The van der Waals surface area contributed by atoms with Crippen LogP contribution in [0.2, 0.25) is 5.02 Å². The second kappa shape index (κ2) is 8.89. The van der Waals surface area contributed by atoms with Crippen LogP contribution in [0.3, 0.4) is 0 Å². The van der Waals surface area contributed by atoms with Crippen molar-refractivity contribution in [1.82, 2.24) is 0 Å². The lowest BCUT2D eigenvalue weighted by Crippen LogP contribution is -2.12. The van der Waals surface area contributed by atoms with Gasteiger partial charge in [-0.2, -0.15) is 0 Å². The highest BCUT2D eigenvalue weighted by Crippen LogP contribution is 2.25. The van der Waals surface area contributed by atoms with E-state index < -0.39 is 5.97 Å². The molecule has 0 saturated carbocycles. The lowest BCUT2D eigenvalue weighted by Gasteiger charge is -2.07. The van der Waals surface area contributed by atoms with Crippen molar-refractivity contribution >= 4 is 29.4 Å². The van der Waals surface area contributed by atoms with Crippen LogP contribution in [-0.4, -0.2) is 32.6 Å². The number of esters is 1. The molecule has 0 aliphatic heterocycles. The summed E-state index contributed by atoms with van der Waals surface area (Å²) in [5.41, 5.74) is 1.11. The third kappa shape index (κ3) is 5.36. The molecule has 0 aliphatic rings. The summed E-state index contributed by atoms with van der Waals surface area (Å²) < 4.78 is 15.3. The molecule has 0 radical (unpaired) electrons. The highest BCUT2D eigenvalue weighted by atomic mass is 35.5. The third-order valence-corrected chi connectivity index (χ3v) is 3.60. The minimum atomic E-state index is -0.625. The maximum Gasteiger partial charge on any atom is 0.331 e. The number of halogens is 1. The van der Waals surface area contributed by atoms with Crippen LogP contribution in [0.5, 0.6) is 11.5 Å². The molecular formula is C19H17ClO5. The number of Topliss-reactive ketones (excluding diaryl/α,β-unsaturated/α-hetero) is 1. The van der Waals surface area contributed by atoms with Crippen LogP contribution in [0.15, 0.2) is 48.5 Å². The fourth-order valence-corrected chi connectivity index (χ4v) is 2.14. The Balaban J connectivity index is 1.94. The van der Waals surface area contributed by atoms with E-state index in [1.807, 2.05) is 0 Å². The Bertz CT molecular complexity index is 781. The number of ketones is 1. The first-order valence-electron chi connectivity index (χ1n) is 7.39. The van der Waals surface area contributed by atoms with E-state index in [-0.39, 0.29) is 12.4 Å². The van der Waals surface area contributed by atoms with Crippen molar-refractivity contribution in [2.45, 2.75) is 0 Å². The topological polar surface area (TPSA) is 61.8 Å². The Hall–Kier alpha value is -2.79. The fraction of sp³-hybridized carbons (Fsp3) is 0.158. The van der Waals surface area contributed by atoms with Crippen molar-refractivity contribution in [2.75, 3.05) is 20.8 Å². The van der Waals surface area contributed by atoms with Crippen molar-refractivity contribution in [3.8, 4) is 11.5 Å². The predicted molar refractivity (Wildman–Crippen MR) is 95.3 cm³/mol. The maximum atomic E-state index is 11.9. The molecule has 0 spiro atoms. The minimum Gasteiger partial charge on any atom is -0.497 e. The largest absolute Gasteiger partial charge is 0.497 e. The molecular weight excluding hydrogens is 344 g/mol. The Morgan fingerprint density at radius 2 is 1.76 bits per heavy atom. The van der Waals surface area contributed by atoms with Crippen molar-refractivity contribution in [2.24, 2.45) is 0 Å². The van der Waals surface area contributed by atoms with Crippen LogP contribution < -0.4 is 9.47 Å². The van der Waals surface area contributed by atoms with Crippen LogP contribution in [0.25, 0.3) is 6.08 Å². The lowest BCUT2D eigenvalue weighted by atomic mass is 10.1. The van der Waals surface area contributed by atoms with Crippen LogP contribution in [0.1, 0.15) is 15.9 Å². The number of hydrogen-bond donors (Lipinski definition) is 0. The fourth-order valence-electron chi connectivity index (χ4n) is 2.02. The lowest BCUT2D eigenvalue weighted by molar-refractivity contribution is -0.136. The molecule has 0 aliphatic carbocycles. The van der Waals surface area contributed by atoms with Gasteiger partial charge in [-0.05, 0) is 42.5 Å². The maximum absolute atomic E-state index is 11.9. The number of carbonyl (C=O) groups excluding carboxylic acids is 2. The van der Waals surface area contributed by atoms with E-state index in [0.29, 0.717) is 27.6 Å². The molecule has 130 valence electrons. The Morgan fingerprint density at radius 3 is 2.40 bits per heavy atom. The van der Waals surface area contributed by atoms with Gasteiger partial charge in [0.1, 0.15) is 11.5 Å². The first-order valence-corrected chi connectivity index (χ1v) is 7.77. The standard InChI is InChI=1S/C19H17ClO5/c1-23-16-9-5-14(18(11-16)24-2)6-10-19(22)25-12-17(21)13-3-7-15(20)8-4-13/h3-11H,12H2,1-2H3. The van der Waals surface area contributed by atoms with Gasteiger partial charge in [-0.1, -0.05) is 11.6 Å². The van der Waals surface area contributed by atoms with E-state index in [4.69, 9.17) is 25.8 Å². The highest BCUT2D eigenvalue weighted by molar-refractivity contribution is 6.30. The highest BCUT2D eigenvalue weighted by Gasteiger charge is 2.09. The first-order chi connectivity index (χ1) is 12.0. The van der Waals surface area contributed by atoms with E-state index in [1.54, 1.807) is 55.7 Å². The monoisotopic (exact) mass is 360 g/mol. The summed E-state index contributed by atoms with van der Waals surface area (Å²) in [5, 5.41) is 0.532. The van der Waals surface area contributed by atoms with Gasteiger partial charge in [-0.25, -0.2) is 4.79 Å². The van der Waals surface area contributed by atoms with E-state index in [1.165, 1.54) is 13.2 Å². The van der Waals surface area contributed by atoms with Gasteiger partial charge >= 0.3 is 5.97 Å². The molecule has 0 N–H and O–H groups in total. The van der Waals surface area contributed by atoms with Crippen LogP contribution in [0, 0.1) is 0 Å².